The Morgan fingerprint density at radius 1 is 1.10 bits per heavy atom. The minimum atomic E-state index is -5.94. The van der Waals surface area contributed by atoms with E-state index in [1.807, 2.05) is 0 Å². The van der Waals surface area contributed by atoms with E-state index in [9.17, 15) is 31.1 Å². The van der Waals surface area contributed by atoms with E-state index in [1.54, 1.807) is 13.8 Å². The number of ether oxygens (including phenoxy) is 1. The largest absolute Gasteiger partial charge is 0.459 e. The summed E-state index contributed by atoms with van der Waals surface area (Å²) >= 11 is 0. The van der Waals surface area contributed by atoms with Crippen LogP contribution in [0.4, 0.5) is 26.3 Å². The fourth-order valence-corrected chi connectivity index (χ4v) is 1.34. The summed E-state index contributed by atoms with van der Waals surface area (Å²) in [6.45, 7) is 7.25. The second-order valence-corrected chi connectivity index (χ2v) is 4.96. The Balaban J connectivity index is 5.07. The number of carbonyl (C=O) groups is 1. The molecular weight excluding hydrogens is 306 g/mol. The second-order valence-electron chi connectivity index (χ2n) is 4.96. The van der Waals surface area contributed by atoms with Crippen LogP contribution in [-0.2, 0) is 9.53 Å². The average Bonchev–Trinajstić information content (AvgIpc) is 2.24. The first kappa shape index (κ1) is 19.8. The first-order valence-electron chi connectivity index (χ1n) is 5.89. The molecule has 0 saturated carbocycles. The van der Waals surface area contributed by atoms with Crippen molar-refractivity contribution in [1.29, 1.82) is 0 Å². The van der Waals surface area contributed by atoms with Crippen molar-refractivity contribution in [3.05, 3.63) is 12.2 Å². The Hall–Kier alpha value is -1.25. The molecule has 0 rings (SSSR count). The fourth-order valence-electron chi connectivity index (χ4n) is 1.34. The lowest BCUT2D eigenvalue weighted by molar-refractivity contribution is -0.373. The van der Waals surface area contributed by atoms with E-state index < -0.39 is 36.4 Å². The maximum atomic E-state index is 12.5. The normalized spacial score (nSPS) is 15.0. The SMILES string of the molecule is C=C(C(=O)OC(C)CC(O)(C(F)(F)F)C(F)(F)F)C(C)C. The molecule has 0 saturated heterocycles. The van der Waals surface area contributed by atoms with Gasteiger partial charge in [0, 0.05) is 12.0 Å². The van der Waals surface area contributed by atoms with Gasteiger partial charge in [0.05, 0.1) is 0 Å². The molecule has 0 fully saturated rings. The van der Waals surface area contributed by atoms with Crippen LogP contribution in [0, 0.1) is 5.92 Å². The topological polar surface area (TPSA) is 46.5 Å². The standard InChI is InChI=1S/C12H16F6O3/c1-6(2)8(4)9(19)21-7(3)5-10(20,11(13,14)15)12(16,17)18/h6-7,20H,4-5H2,1-3H3. The summed E-state index contributed by atoms with van der Waals surface area (Å²) in [6.07, 6.45) is -15.5. The molecule has 1 N–H and O–H groups in total. The molecule has 0 amide bonds. The number of carbonyl (C=O) groups excluding carboxylic acids is 1. The van der Waals surface area contributed by atoms with Crippen molar-refractivity contribution in [3.63, 3.8) is 0 Å². The molecule has 0 aromatic rings. The Morgan fingerprint density at radius 2 is 1.48 bits per heavy atom. The average molecular weight is 322 g/mol. The van der Waals surface area contributed by atoms with E-state index in [0.717, 1.165) is 6.92 Å². The van der Waals surface area contributed by atoms with Crippen molar-refractivity contribution in [2.45, 2.75) is 51.2 Å². The summed E-state index contributed by atoms with van der Waals surface area (Å²) in [5, 5.41) is 8.95. The van der Waals surface area contributed by atoms with E-state index in [4.69, 9.17) is 5.11 Å². The van der Waals surface area contributed by atoms with Crippen LogP contribution in [-0.4, -0.2) is 35.1 Å². The van der Waals surface area contributed by atoms with Crippen LogP contribution in [0.2, 0.25) is 0 Å². The maximum Gasteiger partial charge on any atom is 0.426 e. The Labute approximate surface area is 117 Å². The molecule has 0 aliphatic carbocycles. The zero-order valence-corrected chi connectivity index (χ0v) is 11.6. The fraction of sp³-hybridized carbons (Fsp3) is 0.750. The van der Waals surface area contributed by atoms with Crippen LogP contribution in [0.5, 0.6) is 0 Å². The highest BCUT2D eigenvalue weighted by Gasteiger charge is 2.70. The smallest absolute Gasteiger partial charge is 0.426 e. The molecule has 9 heteroatoms. The van der Waals surface area contributed by atoms with Crippen molar-refractivity contribution in [2.75, 3.05) is 0 Å². The molecule has 0 heterocycles. The van der Waals surface area contributed by atoms with E-state index in [0.29, 0.717) is 0 Å². The molecule has 0 bridgehead atoms. The van der Waals surface area contributed by atoms with Gasteiger partial charge >= 0.3 is 18.3 Å². The van der Waals surface area contributed by atoms with Gasteiger partial charge in [-0.2, -0.15) is 26.3 Å². The van der Waals surface area contributed by atoms with Crippen LogP contribution in [0.15, 0.2) is 12.2 Å². The minimum Gasteiger partial charge on any atom is -0.459 e. The summed E-state index contributed by atoms with van der Waals surface area (Å²) in [7, 11) is 0. The number of aliphatic hydroxyl groups is 1. The second kappa shape index (κ2) is 6.25. The van der Waals surface area contributed by atoms with Crippen molar-refractivity contribution < 1.29 is 41.0 Å². The van der Waals surface area contributed by atoms with Gasteiger partial charge in [-0.15, -0.1) is 0 Å². The molecular formula is C12H16F6O3. The molecule has 0 aromatic carbocycles. The van der Waals surface area contributed by atoms with Crippen LogP contribution in [0.1, 0.15) is 27.2 Å². The zero-order chi connectivity index (χ0) is 17.2. The number of halogens is 6. The van der Waals surface area contributed by atoms with Crippen LogP contribution in [0.3, 0.4) is 0 Å². The van der Waals surface area contributed by atoms with Gasteiger partial charge in [0.15, 0.2) is 0 Å². The van der Waals surface area contributed by atoms with Gasteiger partial charge in [0.2, 0.25) is 0 Å². The molecule has 0 aliphatic heterocycles. The van der Waals surface area contributed by atoms with Crippen molar-refractivity contribution in [3.8, 4) is 0 Å². The molecule has 0 spiro atoms. The van der Waals surface area contributed by atoms with Crippen molar-refractivity contribution in [1.82, 2.24) is 0 Å². The lowest BCUT2D eigenvalue weighted by atomic mass is 9.95. The first-order chi connectivity index (χ1) is 9.13. The Morgan fingerprint density at radius 3 is 1.76 bits per heavy atom. The Kier molecular flexibility index (Phi) is 5.88. The third-order valence-corrected chi connectivity index (χ3v) is 2.79. The maximum absolute atomic E-state index is 12.5. The monoisotopic (exact) mass is 322 g/mol. The van der Waals surface area contributed by atoms with Crippen LogP contribution in [0.25, 0.3) is 0 Å². The number of alkyl halides is 6. The van der Waals surface area contributed by atoms with Gasteiger partial charge < -0.3 is 9.84 Å². The summed E-state index contributed by atoms with van der Waals surface area (Å²) in [5.74, 6) is -1.49. The predicted octanol–water partition coefficient (Wildman–Crippen LogP) is 3.38. The first-order valence-corrected chi connectivity index (χ1v) is 5.89. The highest BCUT2D eigenvalue weighted by Crippen LogP contribution is 2.46. The molecule has 0 radical (unpaired) electrons. The number of rotatable bonds is 5. The lowest BCUT2D eigenvalue weighted by Gasteiger charge is -2.34. The quantitative estimate of drug-likeness (QED) is 0.479. The summed E-state index contributed by atoms with van der Waals surface area (Å²) < 4.78 is 79.2. The molecule has 0 aliphatic rings. The summed E-state index contributed by atoms with van der Waals surface area (Å²) in [4.78, 5) is 11.4. The van der Waals surface area contributed by atoms with Crippen LogP contribution < -0.4 is 0 Å². The third kappa shape index (κ3) is 4.62. The van der Waals surface area contributed by atoms with Gasteiger partial charge in [-0.1, -0.05) is 20.4 Å². The molecule has 0 aromatic heterocycles. The Bertz CT molecular complexity index is 383. The third-order valence-electron chi connectivity index (χ3n) is 2.79. The number of hydrogen-bond donors (Lipinski definition) is 1. The lowest BCUT2D eigenvalue weighted by Crippen LogP contribution is -2.58. The van der Waals surface area contributed by atoms with E-state index in [-0.39, 0.29) is 11.5 Å². The molecule has 124 valence electrons. The van der Waals surface area contributed by atoms with Gasteiger partial charge in [-0.25, -0.2) is 4.79 Å². The minimum absolute atomic E-state index is 0.0931. The van der Waals surface area contributed by atoms with Crippen LogP contribution >= 0.6 is 0 Å². The molecule has 3 nitrogen and oxygen atoms in total. The molecule has 21 heavy (non-hydrogen) atoms. The summed E-state index contributed by atoms with van der Waals surface area (Å²) in [6, 6.07) is 0. The highest BCUT2D eigenvalue weighted by atomic mass is 19.4. The van der Waals surface area contributed by atoms with Gasteiger partial charge in [0.1, 0.15) is 6.10 Å². The highest BCUT2D eigenvalue weighted by molar-refractivity contribution is 5.88. The summed E-state index contributed by atoms with van der Waals surface area (Å²) in [5.41, 5.74) is -5.04. The van der Waals surface area contributed by atoms with E-state index in [1.165, 1.54) is 0 Å². The molecule has 1 unspecified atom stereocenters. The van der Waals surface area contributed by atoms with E-state index in [2.05, 4.69) is 11.3 Å². The van der Waals surface area contributed by atoms with Gasteiger partial charge in [-0.05, 0) is 12.8 Å². The van der Waals surface area contributed by atoms with Gasteiger partial charge in [0.25, 0.3) is 5.60 Å². The van der Waals surface area contributed by atoms with Gasteiger partial charge in [-0.3, -0.25) is 0 Å². The van der Waals surface area contributed by atoms with Crippen molar-refractivity contribution in [2.24, 2.45) is 5.92 Å². The molecule has 1 atom stereocenters. The number of hydrogen-bond acceptors (Lipinski definition) is 3. The zero-order valence-electron chi connectivity index (χ0n) is 11.6. The van der Waals surface area contributed by atoms with E-state index >= 15 is 0 Å². The van der Waals surface area contributed by atoms with Crippen molar-refractivity contribution >= 4 is 5.97 Å². The predicted molar refractivity (Wildman–Crippen MR) is 61.2 cm³/mol. The number of esters is 1.